The number of ketones is 1. The lowest BCUT2D eigenvalue weighted by Gasteiger charge is -1.97. The molecule has 0 aromatic carbocycles. The first kappa shape index (κ1) is 14.7. The third-order valence-electron chi connectivity index (χ3n) is 3.04. The third-order valence-corrected chi connectivity index (χ3v) is 4.29. The number of aromatic nitrogens is 3. The summed E-state index contributed by atoms with van der Waals surface area (Å²) in [6, 6.07) is 7.23. The molecule has 0 unspecified atom stereocenters. The average molecular weight is 330 g/mol. The van der Waals surface area contributed by atoms with Gasteiger partial charge in [-0.1, -0.05) is 11.6 Å². The van der Waals surface area contributed by atoms with Gasteiger partial charge in [-0.2, -0.15) is 5.10 Å². The summed E-state index contributed by atoms with van der Waals surface area (Å²) in [6.45, 7) is 0. The highest BCUT2D eigenvalue weighted by Gasteiger charge is 2.09. The van der Waals surface area contributed by atoms with Crippen molar-refractivity contribution in [1.29, 1.82) is 0 Å². The van der Waals surface area contributed by atoms with Crippen molar-refractivity contribution in [3.63, 3.8) is 0 Å². The molecule has 22 heavy (non-hydrogen) atoms. The van der Waals surface area contributed by atoms with E-state index in [1.165, 1.54) is 11.3 Å². The van der Waals surface area contributed by atoms with Gasteiger partial charge in [0.05, 0.1) is 14.9 Å². The fourth-order valence-electron chi connectivity index (χ4n) is 2.06. The summed E-state index contributed by atoms with van der Waals surface area (Å²) in [5.74, 6) is -0.0681. The highest BCUT2D eigenvalue weighted by Crippen LogP contribution is 2.24. The molecule has 0 N–H and O–H groups in total. The second-order valence-corrected chi connectivity index (χ2v) is 6.36. The van der Waals surface area contributed by atoms with Crippen LogP contribution < -0.4 is 0 Å². The van der Waals surface area contributed by atoms with Gasteiger partial charge in [0.25, 0.3) is 0 Å². The summed E-state index contributed by atoms with van der Waals surface area (Å²) in [5.41, 5.74) is 2.66. The van der Waals surface area contributed by atoms with Crippen LogP contribution in [0.3, 0.4) is 0 Å². The SMILES string of the molecule is Cn1cc(/C=C\C(=O)c2ccc(Cl)s2)c(-c2ccncc2)n1. The number of rotatable bonds is 4. The Morgan fingerprint density at radius 1 is 1.27 bits per heavy atom. The Balaban J connectivity index is 1.90. The molecule has 0 spiro atoms. The number of allylic oxidation sites excluding steroid dienone is 1. The number of carbonyl (C=O) groups is 1. The zero-order valence-corrected chi connectivity index (χ0v) is 13.3. The van der Waals surface area contributed by atoms with Gasteiger partial charge in [0.15, 0.2) is 5.78 Å². The van der Waals surface area contributed by atoms with Gasteiger partial charge in [-0.15, -0.1) is 11.3 Å². The average Bonchev–Trinajstić information content (AvgIpc) is 3.12. The Morgan fingerprint density at radius 2 is 2.05 bits per heavy atom. The predicted molar refractivity (Wildman–Crippen MR) is 89.1 cm³/mol. The lowest BCUT2D eigenvalue weighted by molar-refractivity contribution is 0.105. The topological polar surface area (TPSA) is 47.8 Å². The van der Waals surface area contributed by atoms with Crippen molar-refractivity contribution >= 4 is 34.8 Å². The second kappa shape index (κ2) is 6.25. The first-order chi connectivity index (χ1) is 10.6. The van der Waals surface area contributed by atoms with Gasteiger partial charge in [-0.25, -0.2) is 0 Å². The Labute approximate surface area is 136 Å². The monoisotopic (exact) mass is 329 g/mol. The van der Waals surface area contributed by atoms with Crippen LogP contribution in [0.1, 0.15) is 15.2 Å². The number of nitrogens with zero attached hydrogens (tertiary/aromatic N) is 3. The van der Waals surface area contributed by atoms with Crippen molar-refractivity contribution < 1.29 is 4.79 Å². The summed E-state index contributed by atoms with van der Waals surface area (Å²) >= 11 is 7.13. The van der Waals surface area contributed by atoms with Crippen molar-refractivity contribution in [1.82, 2.24) is 14.8 Å². The quantitative estimate of drug-likeness (QED) is 0.535. The third kappa shape index (κ3) is 3.16. The van der Waals surface area contributed by atoms with Crippen LogP contribution in [0.25, 0.3) is 17.3 Å². The van der Waals surface area contributed by atoms with Crippen molar-refractivity contribution in [2.24, 2.45) is 7.05 Å². The molecule has 0 saturated carbocycles. The molecule has 3 aromatic heterocycles. The van der Waals surface area contributed by atoms with Gasteiger partial charge >= 0.3 is 0 Å². The van der Waals surface area contributed by atoms with Crippen molar-refractivity contribution in [3.05, 3.63) is 63.7 Å². The Kier molecular flexibility index (Phi) is 4.18. The van der Waals surface area contributed by atoms with Crippen LogP contribution in [0.5, 0.6) is 0 Å². The molecular weight excluding hydrogens is 318 g/mol. The van der Waals surface area contributed by atoms with Gasteiger partial charge in [0.2, 0.25) is 0 Å². The molecule has 0 saturated heterocycles. The highest BCUT2D eigenvalue weighted by atomic mass is 35.5. The van der Waals surface area contributed by atoms with Crippen LogP contribution in [0.15, 0.2) is 48.9 Å². The fourth-order valence-corrected chi connectivity index (χ4v) is 3.02. The molecule has 3 aromatic rings. The summed E-state index contributed by atoms with van der Waals surface area (Å²) in [6.07, 6.45) is 8.64. The molecule has 6 heteroatoms. The van der Waals surface area contributed by atoms with Gasteiger partial charge in [0, 0.05) is 36.8 Å². The number of halogens is 1. The zero-order valence-electron chi connectivity index (χ0n) is 11.7. The van der Waals surface area contributed by atoms with Crippen molar-refractivity contribution in [2.75, 3.05) is 0 Å². The van der Waals surface area contributed by atoms with E-state index in [0.29, 0.717) is 9.21 Å². The molecule has 0 aliphatic carbocycles. The molecular formula is C16H12ClN3OS. The lowest BCUT2D eigenvalue weighted by atomic mass is 10.1. The Bertz CT molecular complexity index is 836. The highest BCUT2D eigenvalue weighted by molar-refractivity contribution is 7.18. The van der Waals surface area contributed by atoms with Crippen LogP contribution in [0, 0.1) is 0 Å². The molecule has 3 rings (SSSR count). The molecule has 3 heterocycles. The van der Waals surface area contributed by atoms with Crippen LogP contribution in [-0.4, -0.2) is 20.5 Å². The number of carbonyl (C=O) groups excluding carboxylic acids is 1. The number of pyridine rings is 1. The van der Waals surface area contributed by atoms with Crippen LogP contribution in [-0.2, 0) is 7.05 Å². The molecule has 0 radical (unpaired) electrons. The van der Waals surface area contributed by atoms with Crippen molar-refractivity contribution in [3.8, 4) is 11.3 Å². The molecule has 0 fully saturated rings. The van der Waals surface area contributed by atoms with Gasteiger partial charge in [-0.05, 0) is 36.4 Å². The number of aryl methyl sites for hydroxylation is 1. The summed E-state index contributed by atoms with van der Waals surface area (Å²) in [7, 11) is 1.85. The minimum atomic E-state index is -0.0681. The minimum absolute atomic E-state index is 0.0681. The molecule has 0 aliphatic heterocycles. The fraction of sp³-hybridized carbons (Fsp3) is 0.0625. The van der Waals surface area contributed by atoms with Crippen LogP contribution in [0.4, 0.5) is 0 Å². The van der Waals surface area contributed by atoms with E-state index in [1.54, 1.807) is 41.4 Å². The van der Waals surface area contributed by atoms with E-state index >= 15 is 0 Å². The van der Waals surface area contributed by atoms with E-state index in [4.69, 9.17) is 11.6 Å². The maximum absolute atomic E-state index is 12.1. The Hall–Kier alpha value is -2.24. The van der Waals surface area contributed by atoms with E-state index < -0.39 is 0 Å². The number of thiophene rings is 1. The zero-order chi connectivity index (χ0) is 15.5. The van der Waals surface area contributed by atoms with E-state index in [1.807, 2.05) is 25.4 Å². The summed E-state index contributed by atoms with van der Waals surface area (Å²) in [4.78, 5) is 16.7. The lowest BCUT2D eigenvalue weighted by Crippen LogP contribution is -1.89. The van der Waals surface area contributed by atoms with Crippen LogP contribution in [0.2, 0.25) is 4.34 Å². The van der Waals surface area contributed by atoms with Crippen molar-refractivity contribution in [2.45, 2.75) is 0 Å². The van der Waals surface area contributed by atoms with E-state index in [-0.39, 0.29) is 5.78 Å². The van der Waals surface area contributed by atoms with Crippen LogP contribution >= 0.6 is 22.9 Å². The Morgan fingerprint density at radius 3 is 2.73 bits per heavy atom. The van der Waals surface area contributed by atoms with Gasteiger partial charge in [0.1, 0.15) is 0 Å². The maximum atomic E-state index is 12.1. The molecule has 4 nitrogen and oxygen atoms in total. The van der Waals surface area contributed by atoms with E-state index in [9.17, 15) is 4.79 Å². The first-order valence-electron chi connectivity index (χ1n) is 6.55. The smallest absolute Gasteiger partial charge is 0.195 e. The predicted octanol–water partition coefficient (Wildman–Crippen LogP) is 4.09. The largest absolute Gasteiger partial charge is 0.288 e. The molecule has 0 bridgehead atoms. The summed E-state index contributed by atoms with van der Waals surface area (Å²) in [5, 5.41) is 4.44. The minimum Gasteiger partial charge on any atom is -0.288 e. The maximum Gasteiger partial charge on any atom is 0.195 e. The van der Waals surface area contributed by atoms with Gasteiger partial charge in [-0.3, -0.25) is 14.5 Å². The molecule has 0 amide bonds. The number of hydrogen-bond acceptors (Lipinski definition) is 4. The molecule has 0 aliphatic rings. The molecule has 110 valence electrons. The number of hydrogen-bond donors (Lipinski definition) is 0. The second-order valence-electron chi connectivity index (χ2n) is 4.64. The normalized spacial score (nSPS) is 11.2. The van der Waals surface area contributed by atoms with E-state index in [0.717, 1.165) is 16.8 Å². The van der Waals surface area contributed by atoms with E-state index in [2.05, 4.69) is 10.1 Å². The summed E-state index contributed by atoms with van der Waals surface area (Å²) < 4.78 is 2.33. The standard InChI is InChI=1S/C16H12ClN3OS/c1-20-10-12(16(19-20)11-6-8-18-9-7-11)2-3-13(21)14-4-5-15(17)22-14/h2-10H,1H3/b3-2-. The first-order valence-corrected chi connectivity index (χ1v) is 7.75. The van der Waals surface area contributed by atoms with Gasteiger partial charge < -0.3 is 0 Å². The molecule has 0 atom stereocenters.